The third-order valence-corrected chi connectivity index (χ3v) is 8.27. The third-order valence-electron chi connectivity index (χ3n) is 7.27. The van der Waals surface area contributed by atoms with Gasteiger partial charge < -0.3 is 9.84 Å². The van der Waals surface area contributed by atoms with Crippen molar-refractivity contribution in [2.24, 2.45) is 0 Å². The Labute approximate surface area is 242 Å². The van der Waals surface area contributed by atoms with E-state index in [1.165, 1.54) is 16.2 Å². The number of nitrogens with zero attached hydrogens (tertiary/aromatic N) is 2. The summed E-state index contributed by atoms with van der Waals surface area (Å²) in [5.74, 6) is -0.493. The molecule has 6 rings (SSSR count). The van der Waals surface area contributed by atoms with Gasteiger partial charge in [0.15, 0.2) is 5.13 Å². The normalized spacial score (nSPS) is 16.5. The van der Waals surface area contributed by atoms with E-state index in [-0.39, 0.29) is 11.3 Å². The Morgan fingerprint density at radius 3 is 2.37 bits per heavy atom. The molecule has 4 aromatic carbocycles. The van der Waals surface area contributed by atoms with Gasteiger partial charge in [0.25, 0.3) is 5.78 Å². The fraction of sp³-hybridized carbons (Fsp3) is 0.147. The average Bonchev–Trinajstić information content (AvgIpc) is 3.49. The van der Waals surface area contributed by atoms with Crippen LogP contribution in [0.25, 0.3) is 16.0 Å². The summed E-state index contributed by atoms with van der Waals surface area (Å²) in [5, 5.41) is 12.1. The Bertz CT molecular complexity index is 1870. The van der Waals surface area contributed by atoms with Gasteiger partial charge in [0, 0.05) is 5.56 Å². The minimum absolute atomic E-state index is 0.0210. The predicted molar refractivity (Wildman–Crippen MR) is 163 cm³/mol. The van der Waals surface area contributed by atoms with Crippen LogP contribution in [0.5, 0.6) is 11.5 Å². The van der Waals surface area contributed by atoms with Gasteiger partial charge in [-0.2, -0.15) is 0 Å². The standard InChI is InChI=1S/C34H28N2O4S/c1-19-13-14-21(3)26(16-19)31(37)28-30(23-9-8-12-25(18-23)40-24-10-6-5-7-11-24)36(33(39)32(28)38)34-35-29-22(4)15-20(2)17-27(29)41-34/h5-18,30,37H,1-4H3. The number of Topliss-reactive ketones (excluding diaryl/α,β-unsaturated/α-hetero) is 1. The molecule has 1 N–H and O–H groups in total. The quantitative estimate of drug-likeness (QED) is 0.134. The van der Waals surface area contributed by atoms with Crippen molar-refractivity contribution in [3.05, 3.63) is 124 Å². The lowest BCUT2D eigenvalue weighted by atomic mass is 9.93. The Kier molecular flexibility index (Phi) is 6.67. The number of benzene rings is 4. The van der Waals surface area contributed by atoms with Gasteiger partial charge in [0.1, 0.15) is 17.3 Å². The molecule has 7 heteroatoms. The zero-order valence-corrected chi connectivity index (χ0v) is 24.0. The second-order valence-electron chi connectivity index (χ2n) is 10.4. The number of carbonyl (C=O) groups is 2. The van der Waals surface area contributed by atoms with Crippen molar-refractivity contribution in [1.82, 2.24) is 4.98 Å². The number of rotatable bonds is 5. The molecule has 1 unspecified atom stereocenters. The highest BCUT2D eigenvalue weighted by Gasteiger charge is 2.48. The molecule has 204 valence electrons. The first-order chi connectivity index (χ1) is 19.7. The molecule has 1 aromatic heterocycles. The molecule has 1 amide bonds. The predicted octanol–water partition coefficient (Wildman–Crippen LogP) is 7.95. The Balaban J connectivity index is 1.56. The molecule has 1 saturated heterocycles. The maximum Gasteiger partial charge on any atom is 0.301 e. The first-order valence-electron chi connectivity index (χ1n) is 13.3. The molecule has 1 atom stereocenters. The van der Waals surface area contributed by atoms with Crippen molar-refractivity contribution >= 4 is 44.1 Å². The van der Waals surface area contributed by atoms with E-state index in [0.717, 1.165) is 32.5 Å². The number of aromatic nitrogens is 1. The molecule has 1 aliphatic heterocycles. The fourth-order valence-electron chi connectivity index (χ4n) is 5.32. The Morgan fingerprint density at radius 1 is 0.829 bits per heavy atom. The van der Waals surface area contributed by atoms with Crippen LogP contribution in [0.1, 0.15) is 39.4 Å². The number of ketones is 1. The zero-order valence-electron chi connectivity index (χ0n) is 23.1. The first-order valence-corrected chi connectivity index (χ1v) is 14.1. The zero-order chi connectivity index (χ0) is 28.8. The monoisotopic (exact) mass is 560 g/mol. The van der Waals surface area contributed by atoms with Gasteiger partial charge in [-0.25, -0.2) is 4.98 Å². The van der Waals surface area contributed by atoms with Crippen LogP contribution in [0.4, 0.5) is 5.13 Å². The number of aliphatic hydroxyl groups is 1. The van der Waals surface area contributed by atoms with E-state index in [0.29, 0.717) is 27.8 Å². The summed E-state index contributed by atoms with van der Waals surface area (Å²) >= 11 is 1.36. The highest BCUT2D eigenvalue weighted by Crippen LogP contribution is 2.45. The number of hydrogen-bond acceptors (Lipinski definition) is 6. The molecule has 0 saturated carbocycles. The highest BCUT2D eigenvalue weighted by molar-refractivity contribution is 7.22. The second-order valence-corrected chi connectivity index (χ2v) is 11.4. The van der Waals surface area contributed by atoms with E-state index in [1.54, 1.807) is 6.07 Å². The van der Waals surface area contributed by atoms with Crippen LogP contribution in [0.2, 0.25) is 0 Å². The van der Waals surface area contributed by atoms with E-state index >= 15 is 0 Å². The molecular formula is C34H28N2O4S. The molecular weight excluding hydrogens is 532 g/mol. The number of para-hydroxylation sites is 1. The van der Waals surface area contributed by atoms with Gasteiger partial charge >= 0.3 is 5.91 Å². The summed E-state index contributed by atoms with van der Waals surface area (Å²) in [6.07, 6.45) is 0. The molecule has 1 aliphatic rings. The fourth-order valence-corrected chi connectivity index (χ4v) is 6.48. The lowest BCUT2D eigenvalue weighted by molar-refractivity contribution is -0.132. The Morgan fingerprint density at radius 2 is 1.59 bits per heavy atom. The minimum atomic E-state index is -0.906. The number of ether oxygens (including phenoxy) is 1. The maximum atomic E-state index is 13.8. The Hall–Kier alpha value is -4.75. The van der Waals surface area contributed by atoms with Crippen molar-refractivity contribution in [3.63, 3.8) is 0 Å². The molecule has 5 aromatic rings. The van der Waals surface area contributed by atoms with Gasteiger partial charge in [0.2, 0.25) is 0 Å². The smallest absolute Gasteiger partial charge is 0.301 e. The van der Waals surface area contributed by atoms with Crippen molar-refractivity contribution in [2.75, 3.05) is 4.90 Å². The van der Waals surface area contributed by atoms with Crippen LogP contribution in [-0.2, 0) is 9.59 Å². The van der Waals surface area contributed by atoms with E-state index in [2.05, 4.69) is 0 Å². The van der Waals surface area contributed by atoms with E-state index in [1.807, 2.05) is 107 Å². The minimum Gasteiger partial charge on any atom is -0.507 e. The molecule has 0 bridgehead atoms. The number of amides is 1. The van der Waals surface area contributed by atoms with Crippen molar-refractivity contribution in [2.45, 2.75) is 33.7 Å². The summed E-state index contributed by atoms with van der Waals surface area (Å²) in [4.78, 5) is 33.7. The summed E-state index contributed by atoms with van der Waals surface area (Å²) in [6.45, 7) is 7.78. The molecule has 0 spiro atoms. The van der Waals surface area contributed by atoms with Gasteiger partial charge in [-0.05, 0) is 86.3 Å². The van der Waals surface area contributed by atoms with Crippen molar-refractivity contribution < 1.29 is 19.4 Å². The van der Waals surface area contributed by atoms with Crippen LogP contribution in [0, 0.1) is 27.7 Å². The molecule has 2 heterocycles. The number of aliphatic hydroxyl groups excluding tert-OH is 1. The van der Waals surface area contributed by atoms with Crippen LogP contribution >= 0.6 is 11.3 Å². The van der Waals surface area contributed by atoms with Gasteiger partial charge in [-0.3, -0.25) is 14.5 Å². The summed E-state index contributed by atoms with van der Waals surface area (Å²) in [5.41, 5.74) is 5.74. The number of fused-ring (bicyclic) bond motifs is 1. The van der Waals surface area contributed by atoms with Crippen LogP contribution < -0.4 is 9.64 Å². The maximum absolute atomic E-state index is 13.8. The third kappa shape index (κ3) is 4.78. The van der Waals surface area contributed by atoms with Crippen LogP contribution in [-0.4, -0.2) is 21.8 Å². The van der Waals surface area contributed by atoms with Crippen molar-refractivity contribution in [1.29, 1.82) is 0 Å². The lowest BCUT2D eigenvalue weighted by Gasteiger charge is -2.23. The number of aryl methyl sites for hydroxylation is 4. The van der Waals surface area contributed by atoms with Crippen molar-refractivity contribution in [3.8, 4) is 11.5 Å². The molecule has 41 heavy (non-hydrogen) atoms. The van der Waals surface area contributed by atoms with Crippen LogP contribution in [0.15, 0.2) is 90.5 Å². The topological polar surface area (TPSA) is 79.7 Å². The summed E-state index contributed by atoms with van der Waals surface area (Å²) < 4.78 is 7.01. The molecule has 0 radical (unpaired) electrons. The van der Waals surface area contributed by atoms with E-state index in [4.69, 9.17) is 9.72 Å². The highest BCUT2D eigenvalue weighted by atomic mass is 32.1. The second kappa shape index (κ2) is 10.3. The van der Waals surface area contributed by atoms with E-state index < -0.39 is 17.7 Å². The molecule has 6 nitrogen and oxygen atoms in total. The van der Waals surface area contributed by atoms with E-state index in [9.17, 15) is 14.7 Å². The average molecular weight is 561 g/mol. The lowest BCUT2D eigenvalue weighted by Crippen LogP contribution is -2.29. The van der Waals surface area contributed by atoms with Gasteiger partial charge in [-0.1, -0.05) is 65.4 Å². The SMILES string of the molecule is Cc1ccc(C)c(C(O)=C2C(=O)C(=O)N(c3nc4c(C)cc(C)cc4s3)C2c2cccc(Oc3ccccc3)c2)c1. The largest absolute Gasteiger partial charge is 0.507 e. The number of carbonyl (C=O) groups excluding carboxylic acids is 2. The number of thiazole rings is 1. The summed E-state index contributed by atoms with van der Waals surface area (Å²) in [7, 11) is 0. The van der Waals surface area contributed by atoms with Gasteiger partial charge in [0.05, 0.1) is 21.8 Å². The molecule has 1 fully saturated rings. The van der Waals surface area contributed by atoms with Gasteiger partial charge in [-0.15, -0.1) is 0 Å². The summed E-state index contributed by atoms with van der Waals surface area (Å²) in [6, 6.07) is 25.5. The van der Waals surface area contributed by atoms with Crippen LogP contribution in [0.3, 0.4) is 0 Å². The number of hydrogen-bond donors (Lipinski definition) is 1. The first kappa shape index (κ1) is 26.5. The number of anilines is 1. The molecule has 0 aliphatic carbocycles.